The van der Waals surface area contributed by atoms with Gasteiger partial charge in [0, 0.05) is 0 Å². The molecule has 2 aromatic carbocycles. The number of hydrogen-bond donors (Lipinski definition) is 1. The van der Waals surface area contributed by atoms with Gasteiger partial charge in [-0.05, 0) is 69.2 Å². The normalized spacial score (nSPS) is 15.1. The van der Waals surface area contributed by atoms with Gasteiger partial charge in [-0.25, -0.2) is 9.79 Å². The number of carbonyl (C=O) groups is 1. The van der Waals surface area contributed by atoms with Crippen molar-refractivity contribution in [3.05, 3.63) is 78.5 Å². The van der Waals surface area contributed by atoms with Crippen LogP contribution in [0.5, 0.6) is 23.0 Å². The SMILES string of the molecule is CCOC(=O)C1=C(C)N=c2s/c(=C\c3ccc(OC)c(O)c3)c(=O)n2[C@H]1c1ccc(OCC)c(OCC)c1. The third-order valence-electron chi connectivity index (χ3n) is 5.90. The predicted molar refractivity (Wildman–Crippen MR) is 144 cm³/mol. The lowest BCUT2D eigenvalue weighted by molar-refractivity contribution is -0.139. The fourth-order valence-corrected chi connectivity index (χ4v) is 5.34. The third-order valence-corrected chi connectivity index (χ3v) is 6.88. The zero-order chi connectivity index (χ0) is 27.4. The van der Waals surface area contributed by atoms with Gasteiger partial charge >= 0.3 is 5.97 Å². The van der Waals surface area contributed by atoms with Gasteiger partial charge in [-0.3, -0.25) is 9.36 Å². The molecule has 10 heteroatoms. The molecule has 0 bridgehead atoms. The van der Waals surface area contributed by atoms with Crippen LogP contribution in [0.2, 0.25) is 0 Å². The van der Waals surface area contributed by atoms with Crippen LogP contribution in [0, 0.1) is 0 Å². The molecule has 0 spiro atoms. The van der Waals surface area contributed by atoms with Gasteiger partial charge in [0.1, 0.15) is 0 Å². The lowest BCUT2D eigenvalue weighted by Gasteiger charge is -2.25. The fourth-order valence-electron chi connectivity index (χ4n) is 4.29. The van der Waals surface area contributed by atoms with Gasteiger partial charge < -0.3 is 24.1 Å². The molecule has 0 aliphatic carbocycles. The van der Waals surface area contributed by atoms with Crippen molar-refractivity contribution in [3.63, 3.8) is 0 Å². The molecule has 9 nitrogen and oxygen atoms in total. The van der Waals surface area contributed by atoms with E-state index >= 15 is 0 Å². The molecule has 0 saturated heterocycles. The average molecular weight is 539 g/mol. The Morgan fingerprint density at radius 2 is 1.76 bits per heavy atom. The topological polar surface area (TPSA) is 109 Å². The van der Waals surface area contributed by atoms with Crippen LogP contribution in [0.15, 0.2) is 57.5 Å². The number of phenols is 1. The minimum Gasteiger partial charge on any atom is -0.504 e. The molecule has 0 amide bonds. The lowest BCUT2D eigenvalue weighted by Crippen LogP contribution is -2.40. The maximum Gasteiger partial charge on any atom is 0.338 e. The van der Waals surface area contributed by atoms with Crippen molar-refractivity contribution in [1.29, 1.82) is 0 Å². The van der Waals surface area contributed by atoms with Crippen molar-refractivity contribution in [3.8, 4) is 23.0 Å². The molecule has 1 aromatic heterocycles. The molecular weight excluding hydrogens is 508 g/mol. The minimum absolute atomic E-state index is 0.0369. The second-order valence-corrected chi connectivity index (χ2v) is 9.31. The van der Waals surface area contributed by atoms with E-state index in [1.165, 1.54) is 29.1 Å². The number of rotatable bonds is 9. The van der Waals surface area contributed by atoms with Crippen molar-refractivity contribution in [2.75, 3.05) is 26.9 Å². The van der Waals surface area contributed by atoms with Crippen LogP contribution in [-0.4, -0.2) is 42.6 Å². The van der Waals surface area contributed by atoms with Crippen LogP contribution in [-0.2, 0) is 9.53 Å². The van der Waals surface area contributed by atoms with E-state index in [9.17, 15) is 14.7 Å². The number of fused-ring (bicyclic) bond motifs is 1. The molecule has 2 heterocycles. The summed E-state index contributed by atoms with van der Waals surface area (Å²) in [6.45, 7) is 8.28. The first-order valence-electron chi connectivity index (χ1n) is 12.3. The van der Waals surface area contributed by atoms with Crippen LogP contribution in [0.25, 0.3) is 6.08 Å². The molecule has 200 valence electrons. The first-order chi connectivity index (χ1) is 18.3. The number of carbonyl (C=O) groups excluding carboxylic acids is 1. The van der Waals surface area contributed by atoms with E-state index in [-0.39, 0.29) is 23.5 Å². The standard InChI is InChI=1S/C28H30N2O7S/c1-6-35-21-12-10-18(15-22(21)36-7-2)25-24(27(33)37-8-3)16(4)29-28-30(25)26(32)23(38-28)14-17-9-11-20(34-5)19(31)13-17/h9-15,25,31H,6-8H2,1-5H3/b23-14-/t25-/m0/s1. The summed E-state index contributed by atoms with van der Waals surface area (Å²) in [6, 6.07) is 9.48. The van der Waals surface area contributed by atoms with Gasteiger partial charge in [0.2, 0.25) is 0 Å². The lowest BCUT2D eigenvalue weighted by atomic mass is 9.95. The predicted octanol–water partition coefficient (Wildman–Crippen LogP) is 3.31. The summed E-state index contributed by atoms with van der Waals surface area (Å²) in [5.41, 5.74) is 1.69. The Morgan fingerprint density at radius 1 is 1.05 bits per heavy atom. The van der Waals surface area contributed by atoms with E-state index in [0.717, 1.165) is 0 Å². The largest absolute Gasteiger partial charge is 0.504 e. The Labute approximate surface area is 223 Å². The van der Waals surface area contributed by atoms with Crippen LogP contribution < -0.4 is 29.1 Å². The van der Waals surface area contributed by atoms with Gasteiger partial charge in [0.25, 0.3) is 5.56 Å². The number of benzene rings is 2. The van der Waals surface area contributed by atoms with Gasteiger partial charge in [-0.1, -0.05) is 23.5 Å². The number of aromatic hydroxyl groups is 1. The molecule has 4 rings (SSSR count). The molecule has 0 radical (unpaired) electrons. The van der Waals surface area contributed by atoms with E-state index in [4.69, 9.17) is 18.9 Å². The first-order valence-corrected chi connectivity index (χ1v) is 13.1. The molecular formula is C28H30N2O7S. The second-order valence-electron chi connectivity index (χ2n) is 8.31. The number of ether oxygens (including phenoxy) is 4. The molecule has 0 saturated carbocycles. The summed E-state index contributed by atoms with van der Waals surface area (Å²) in [7, 11) is 1.47. The highest BCUT2D eigenvalue weighted by Gasteiger charge is 2.34. The highest BCUT2D eigenvalue weighted by atomic mass is 32.1. The molecule has 1 N–H and O–H groups in total. The van der Waals surface area contributed by atoms with Crippen molar-refractivity contribution in [2.24, 2.45) is 4.99 Å². The zero-order valence-electron chi connectivity index (χ0n) is 21.9. The average Bonchev–Trinajstić information content (AvgIpc) is 3.19. The van der Waals surface area contributed by atoms with E-state index in [1.807, 2.05) is 19.9 Å². The number of nitrogens with zero attached hydrogens (tertiary/aromatic N) is 2. The van der Waals surface area contributed by atoms with E-state index in [1.54, 1.807) is 44.2 Å². The summed E-state index contributed by atoms with van der Waals surface area (Å²) >= 11 is 1.20. The third kappa shape index (κ3) is 5.17. The fraction of sp³-hybridized carbons (Fsp3) is 0.321. The molecule has 1 aliphatic heterocycles. The van der Waals surface area contributed by atoms with Gasteiger partial charge in [0.15, 0.2) is 27.8 Å². The highest BCUT2D eigenvalue weighted by Crippen LogP contribution is 2.36. The van der Waals surface area contributed by atoms with Crippen LogP contribution in [0.1, 0.15) is 44.9 Å². The maximum absolute atomic E-state index is 13.8. The molecule has 0 fully saturated rings. The number of esters is 1. The van der Waals surface area contributed by atoms with E-state index in [2.05, 4.69) is 4.99 Å². The smallest absolute Gasteiger partial charge is 0.338 e. The van der Waals surface area contributed by atoms with E-state index < -0.39 is 12.0 Å². The monoisotopic (exact) mass is 538 g/mol. The quantitative estimate of drug-likeness (QED) is 0.417. The Kier molecular flexibility index (Phi) is 8.21. The summed E-state index contributed by atoms with van der Waals surface area (Å²) in [5.74, 6) is 0.841. The van der Waals surface area contributed by atoms with Crippen molar-refractivity contribution in [1.82, 2.24) is 4.57 Å². The van der Waals surface area contributed by atoms with Gasteiger partial charge in [-0.15, -0.1) is 0 Å². The summed E-state index contributed by atoms with van der Waals surface area (Å²) in [6.07, 6.45) is 1.67. The molecule has 38 heavy (non-hydrogen) atoms. The Balaban J connectivity index is 1.94. The highest BCUT2D eigenvalue weighted by molar-refractivity contribution is 7.07. The van der Waals surface area contributed by atoms with E-state index in [0.29, 0.717) is 56.6 Å². The number of aromatic nitrogens is 1. The molecule has 0 unspecified atom stereocenters. The first kappa shape index (κ1) is 27.0. The maximum atomic E-state index is 13.8. The van der Waals surface area contributed by atoms with Gasteiger partial charge in [-0.2, -0.15) is 0 Å². The minimum atomic E-state index is -0.786. The zero-order valence-corrected chi connectivity index (χ0v) is 22.8. The second kappa shape index (κ2) is 11.6. The van der Waals surface area contributed by atoms with Crippen LogP contribution in [0.4, 0.5) is 0 Å². The molecule has 3 aromatic rings. The number of thiazole rings is 1. The molecule has 1 aliphatic rings. The van der Waals surface area contributed by atoms with Gasteiger partial charge in [0.05, 0.1) is 48.8 Å². The summed E-state index contributed by atoms with van der Waals surface area (Å²) in [5, 5.41) is 10.2. The number of hydrogen-bond acceptors (Lipinski definition) is 9. The van der Waals surface area contributed by atoms with Crippen molar-refractivity contribution in [2.45, 2.75) is 33.7 Å². The van der Waals surface area contributed by atoms with Crippen LogP contribution in [0.3, 0.4) is 0 Å². The Hall–Kier alpha value is -4.05. The summed E-state index contributed by atoms with van der Waals surface area (Å²) in [4.78, 5) is 32.0. The number of allylic oxidation sites excluding steroid dienone is 1. The van der Waals surface area contributed by atoms with Crippen LogP contribution >= 0.6 is 11.3 Å². The number of methoxy groups -OCH3 is 1. The Morgan fingerprint density at radius 3 is 2.42 bits per heavy atom. The Bertz CT molecular complexity index is 1570. The van der Waals surface area contributed by atoms with Crippen molar-refractivity contribution < 1.29 is 28.8 Å². The summed E-state index contributed by atoms with van der Waals surface area (Å²) < 4.78 is 23.9. The molecule has 1 atom stereocenters. The van der Waals surface area contributed by atoms with Crippen molar-refractivity contribution >= 4 is 23.4 Å². The number of phenolic OH excluding ortho intramolecular Hbond substituents is 1.